The summed E-state index contributed by atoms with van der Waals surface area (Å²) in [4.78, 5) is 16.2. The van der Waals surface area contributed by atoms with Crippen molar-refractivity contribution in [3.8, 4) is 0 Å². The Bertz CT molecular complexity index is 818. The summed E-state index contributed by atoms with van der Waals surface area (Å²) in [7, 11) is 4.13. The van der Waals surface area contributed by atoms with Gasteiger partial charge in [0.15, 0.2) is 0 Å². The molecule has 2 aliphatic rings. The lowest BCUT2D eigenvalue weighted by Crippen LogP contribution is -2.54. The molecule has 2 fully saturated rings. The summed E-state index contributed by atoms with van der Waals surface area (Å²) in [6, 6.07) is 11.1. The molecule has 2 aromatic rings. The van der Waals surface area contributed by atoms with Crippen LogP contribution in [0.15, 0.2) is 42.6 Å². The molecule has 1 aromatic heterocycles. The third kappa shape index (κ3) is 5.51. The van der Waals surface area contributed by atoms with Gasteiger partial charge in [0, 0.05) is 58.7 Å². The van der Waals surface area contributed by atoms with Gasteiger partial charge in [-0.05, 0) is 36.6 Å². The Morgan fingerprint density at radius 1 is 1.03 bits per heavy atom. The molecule has 0 amide bonds. The normalized spacial score (nSPS) is 18.3. The number of benzene rings is 1. The van der Waals surface area contributed by atoms with Crippen LogP contribution in [0.25, 0.3) is 6.08 Å². The van der Waals surface area contributed by atoms with E-state index in [-0.39, 0.29) is 0 Å². The first-order valence-corrected chi connectivity index (χ1v) is 11.2. The second-order valence-corrected chi connectivity index (χ2v) is 8.59. The van der Waals surface area contributed by atoms with Crippen LogP contribution in [0.3, 0.4) is 0 Å². The first-order valence-electron chi connectivity index (χ1n) is 11.2. The van der Waals surface area contributed by atoms with Crippen molar-refractivity contribution in [2.24, 2.45) is 0 Å². The van der Waals surface area contributed by atoms with Gasteiger partial charge in [-0.25, -0.2) is 4.98 Å². The van der Waals surface area contributed by atoms with Crippen molar-refractivity contribution in [3.05, 3.63) is 48.2 Å². The van der Waals surface area contributed by atoms with E-state index in [1.807, 2.05) is 12.3 Å². The summed E-state index contributed by atoms with van der Waals surface area (Å²) in [6.45, 7) is 5.25. The van der Waals surface area contributed by atoms with Crippen LogP contribution >= 0.6 is 0 Å². The Morgan fingerprint density at radius 2 is 1.77 bits per heavy atom. The highest BCUT2D eigenvalue weighted by molar-refractivity contribution is 5.55. The number of hydrogen-bond acceptors (Lipinski definition) is 6. The standard InChI is InChI=1S/C24H34N6/c1-28(2)22-11-9-20(10-12-22)8-7-15-29-18-21(19-29)26-24-25-14-13-23(27-24)30-16-5-3-4-6-17-30/h7-14,21H,3-6,15-19H2,1-2H3,(H,25,26,27)/b8-7+. The average molecular weight is 407 g/mol. The molecule has 0 radical (unpaired) electrons. The van der Waals surface area contributed by atoms with Gasteiger partial charge in [0.2, 0.25) is 5.95 Å². The lowest BCUT2D eigenvalue weighted by Gasteiger charge is -2.39. The molecule has 0 bridgehead atoms. The van der Waals surface area contributed by atoms with Crippen LogP contribution in [0.5, 0.6) is 0 Å². The quantitative estimate of drug-likeness (QED) is 0.756. The van der Waals surface area contributed by atoms with Gasteiger partial charge in [-0.15, -0.1) is 0 Å². The smallest absolute Gasteiger partial charge is 0.224 e. The molecule has 0 saturated carbocycles. The number of likely N-dealkylation sites (tertiary alicyclic amines) is 1. The van der Waals surface area contributed by atoms with Gasteiger partial charge >= 0.3 is 0 Å². The molecule has 0 unspecified atom stereocenters. The first-order chi connectivity index (χ1) is 14.7. The first kappa shape index (κ1) is 20.7. The van der Waals surface area contributed by atoms with Crippen LogP contribution in [-0.2, 0) is 0 Å². The fraction of sp³-hybridized carbons (Fsp3) is 0.500. The molecule has 0 atom stereocenters. The zero-order valence-corrected chi connectivity index (χ0v) is 18.3. The summed E-state index contributed by atoms with van der Waals surface area (Å²) in [5, 5.41) is 3.51. The second kappa shape index (κ2) is 9.94. The molecule has 0 spiro atoms. The maximum Gasteiger partial charge on any atom is 0.224 e. The minimum atomic E-state index is 0.428. The van der Waals surface area contributed by atoms with Crippen LogP contribution < -0.4 is 15.1 Å². The van der Waals surface area contributed by atoms with E-state index < -0.39 is 0 Å². The molecule has 6 heteroatoms. The van der Waals surface area contributed by atoms with Crippen LogP contribution in [-0.4, -0.2) is 67.7 Å². The van der Waals surface area contributed by atoms with E-state index in [4.69, 9.17) is 4.98 Å². The summed E-state index contributed by atoms with van der Waals surface area (Å²) < 4.78 is 0. The van der Waals surface area contributed by atoms with E-state index >= 15 is 0 Å². The zero-order valence-electron chi connectivity index (χ0n) is 18.3. The molecule has 6 nitrogen and oxygen atoms in total. The number of hydrogen-bond donors (Lipinski definition) is 1. The Kier molecular flexibility index (Phi) is 6.84. The molecule has 3 heterocycles. The number of rotatable bonds is 7. The van der Waals surface area contributed by atoms with Crippen molar-refractivity contribution in [2.75, 3.05) is 61.9 Å². The number of nitrogens with one attached hydrogen (secondary N) is 1. The zero-order chi connectivity index (χ0) is 20.8. The van der Waals surface area contributed by atoms with Gasteiger partial charge in [0.25, 0.3) is 0 Å². The maximum atomic E-state index is 4.77. The van der Waals surface area contributed by atoms with E-state index in [9.17, 15) is 0 Å². The van der Waals surface area contributed by atoms with Gasteiger partial charge in [0.05, 0.1) is 6.04 Å². The van der Waals surface area contributed by atoms with E-state index in [1.54, 1.807) is 0 Å². The topological polar surface area (TPSA) is 47.5 Å². The minimum Gasteiger partial charge on any atom is -0.378 e. The van der Waals surface area contributed by atoms with E-state index in [0.717, 1.165) is 44.5 Å². The molecular weight excluding hydrogens is 372 g/mol. The van der Waals surface area contributed by atoms with Gasteiger partial charge in [0.1, 0.15) is 5.82 Å². The highest BCUT2D eigenvalue weighted by Crippen LogP contribution is 2.19. The van der Waals surface area contributed by atoms with Gasteiger partial charge in [-0.2, -0.15) is 4.98 Å². The fourth-order valence-electron chi connectivity index (χ4n) is 4.11. The Morgan fingerprint density at radius 3 is 2.47 bits per heavy atom. The van der Waals surface area contributed by atoms with Crippen molar-refractivity contribution < 1.29 is 0 Å². The maximum absolute atomic E-state index is 4.77. The second-order valence-electron chi connectivity index (χ2n) is 8.59. The lowest BCUT2D eigenvalue weighted by molar-refractivity contribution is 0.181. The lowest BCUT2D eigenvalue weighted by atomic mass is 10.1. The van der Waals surface area contributed by atoms with E-state index in [0.29, 0.717) is 6.04 Å². The largest absolute Gasteiger partial charge is 0.378 e. The van der Waals surface area contributed by atoms with Crippen molar-refractivity contribution in [1.82, 2.24) is 14.9 Å². The Hall–Kier alpha value is -2.60. The van der Waals surface area contributed by atoms with Gasteiger partial charge in [-0.1, -0.05) is 37.1 Å². The van der Waals surface area contributed by atoms with Crippen LogP contribution in [0.4, 0.5) is 17.5 Å². The summed E-state index contributed by atoms with van der Waals surface area (Å²) >= 11 is 0. The highest BCUT2D eigenvalue weighted by Gasteiger charge is 2.26. The number of anilines is 3. The Labute approximate surface area is 180 Å². The molecule has 1 N–H and O–H groups in total. The summed E-state index contributed by atoms with van der Waals surface area (Å²) in [6.07, 6.45) is 11.5. The highest BCUT2D eigenvalue weighted by atomic mass is 15.3. The van der Waals surface area contributed by atoms with Crippen molar-refractivity contribution in [1.29, 1.82) is 0 Å². The van der Waals surface area contributed by atoms with Crippen molar-refractivity contribution in [2.45, 2.75) is 31.7 Å². The predicted molar refractivity (Wildman–Crippen MR) is 126 cm³/mol. The van der Waals surface area contributed by atoms with Crippen molar-refractivity contribution in [3.63, 3.8) is 0 Å². The molecule has 30 heavy (non-hydrogen) atoms. The fourth-order valence-corrected chi connectivity index (χ4v) is 4.11. The van der Waals surface area contributed by atoms with Gasteiger partial charge < -0.3 is 15.1 Å². The molecule has 1 aromatic carbocycles. The van der Waals surface area contributed by atoms with E-state index in [1.165, 1.54) is 36.9 Å². The minimum absolute atomic E-state index is 0.428. The molecule has 0 aliphatic carbocycles. The van der Waals surface area contributed by atoms with Crippen LogP contribution in [0.1, 0.15) is 31.2 Å². The molecule has 160 valence electrons. The van der Waals surface area contributed by atoms with E-state index in [2.05, 4.69) is 75.5 Å². The van der Waals surface area contributed by atoms with Gasteiger partial charge in [-0.3, -0.25) is 4.90 Å². The predicted octanol–water partition coefficient (Wildman–Crippen LogP) is 3.73. The Balaban J connectivity index is 1.22. The number of aromatic nitrogens is 2. The SMILES string of the molecule is CN(C)c1ccc(/C=C/CN2CC(Nc3nccc(N4CCCCCC4)n3)C2)cc1. The summed E-state index contributed by atoms with van der Waals surface area (Å²) in [5.41, 5.74) is 2.47. The van der Waals surface area contributed by atoms with Crippen molar-refractivity contribution >= 4 is 23.5 Å². The molecule has 2 aliphatic heterocycles. The van der Waals surface area contributed by atoms with Crippen LogP contribution in [0.2, 0.25) is 0 Å². The monoisotopic (exact) mass is 406 g/mol. The number of nitrogens with zero attached hydrogens (tertiary/aromatic N) is 5. The third-order valence-corrected chi connectivity index (χ3v) is 5.94. The third-order valence-electron chi connectivity index (χ3n) is 5.94. The molecule has 2 saturated heterocycles. The van der Waals surface area contributed by atoms with Crippen LogP contribution in [0, 0.1) is 0 Å². The molecular formula is C24H34N6. The average Bonchev–Trinajstić information content (AvgIpc) is 3.02. The summed E-state index contributed by atoms with van der Waals surface area (Å²) in [5.74, 6) is 1.83. The molecule has 4 rings (SSSR count).